The van der Waals surface area contributed by atoms with Crippen LogP contribution in [0.2, 0.25) is 0 Å². The molecule has 1 aliphatic heterocycles. The molecule has 1 fully saturated rings. The van der Waals surface area contributed by atoms with Gasteiger partial charge in [0.25, 0.3) is 5.91 Å². The maximum Gasteiger partial charge on any atom is 0.271 e. The van der Waals surface area contributed by atoms with Crippen LogP contribution in [0.15, 0.2) is 12.5 Å². The van der Waals surface area contributed by atoms with Crippen LogP contribution in [0.25, 0.3) is 0 Å². The van der Waals surface area contributed by atoms with E-state index in [1.54, 1.807) is 24.1 Å². The Balaban J connectivity index is 1.87. The summed E-state index contributed by atoms with van der Waals surface area (Å²) in [4.78, 5) is 15.7. The zero-order valence-corrected chi connectivity index (χ0v) is 9.85. The van der Waals surface area contributed by atoms with Crippen molar-refractivity contribution in [3.05, 3.63) is 18.2 Å². The number of ether oxygens (including phenoxy) is 1. The van der Waals surface area contributed by atoms with Crippen LogP contribution >= 0.6 is 0 Å². The molecule has 0 aromatic carbocycles. The molecule has 17 heavy (non-hydrogen) atoms. The van der Waals surface area contributed by atoms with Gasteiger partial charge in [0.15, 0.2) is 0 Å². The van der Waals surface area contributed by atoms with Gasteiger partial charge in [-0.15, -0.1) is 0 Å². The van der Waals surface area contributed by atoms with E-state index in [0.29, 0.717) is 31.7 Å². The Morgan fingerprint density at radius 2 is 2.35 bits per heavy atom. The first-order chi connectivity index (χ1) is 8.09. The van der Waals surface area contributed by atoms with Crippen LogP contribution in [0.3, 0.4) is 0 Å². The molecule has 2 rings (SSSR count). The highest BCUT2D eigenvalue weighted by Crippen LogP contribution is 2.19. The lowest BCUT2D eigenvalue weighted by atomic mass is 9.94. The van der Waals surface area contributed by atoms with Gasteiger partial charge in [0.05, 0.1) is 11.9 Å². The average Bonchev–Trinajstić information content (AvgIpc) is 2.74. The summed E-state index contributed by atoms with van der Waals surface area (Å²) in [5, 5.41) is 12.9. The maximum atomic E-state index is 11.7. The molecule has 1 aliphatic rings. The molecule has 6 heteroatoms. The minimum Gasteiger partial charge on any atom is -0.388 e. The van der Waals surface area contributed by atoms with Gasteiger partial charge in [-0.3, -0.25) is 4.79 Å². The fourth-order valence-electron chi connectivity index (χ4n) is 1.79. The molecule has 1 aromatic rings. The van der Waals surface area contributed by atoms with E-state index in [-0.39, 0.29) is 12.5 Å². The lowest BCUT2D eigenvalue weighted by molar-refractivity contribution is -0.0605. The quantitative estimate of drug-likeness (QED) is 0.758. The van der Waals surface area contributed by atoms with Crippen molar-refractivity contribution in [3.63, 3.8) is 0 Å². The summed E-state index contributed by atoms with van der Waals surface area (Å²) in [5.74, 6) is -0.259. The van der Waals surface area contributed by atoms with Crippen molar-refractivity contribution in [2.75, 3.05) is 19.8 Å². The van der Waals surface area contributed by atoms with Gasteiger partial charge >= 0.3 is 0 Å². The number of hydrogen-bond donors (Lipinski definition) is 2. The monoisotopic (exact) mass is 239 g/mol. The molecule has 2 heterocycles. The van der Waals surface area contributed by atoms with E-state index in [9.17, 15) is 9.90 Å². The van der Waals surface area contributed by atoms with E-state index in [0.717, 1.165) is 0 Å². The summed E-state index contributed by atoms with van der Waals surface area (Å²) in [6.45, 7) is 1.32. The number of hydrogen-bond acceptors (Lipinski definition) is 4. The molecule has 0 atom stereocenters. The smallest absolute Gasteiger partial charge is 0.271 e. The molecule has 1 aromatic heterocycles. The first-order valence-corrected chi connectivity index (χ1v) is 5.65. The van der Waals surface area contributed by atoms with E-state index in [2.05, 4.69) is 10.3 Å². The van der Waals surface area contributed by atoms with Gasteiger partial charge in [-0.05, 0) is 0 Å². The van der Waals surface area contributed by atoms with Crippen LogP contribution in [0.1, 0.15) is 23.3 Å². The molecule has 0 unspecified atom stereocenters. The van der Waals surface area contributed by atoms with Crippen molar-refractivity contribution in [1.82, 2.24) is 14.9 Å². The van der Waals surface area contributed by atoms with Crippen LogP contribution < -0.4 is 5.32 Å². The lowest BCUT2D eigenvalue weighted by Gasteiger charge is -2.31. The number of aromatic nitrogens is 2. The van der Waals surface area contributed by atoms with E-state index in [1.807, 2.05) is 0 Å². The number of rotatable bonds is 3. The molecule has 6 nitrogen and oxygen atoms in total. The number of amides is 1. The summed E-state index contributed by atoms with van der Waals surface area (Å²) in [6.07, 6.45) is 4.31. The first kappa shape index (κ1) is 12.1. The maximum absolute atomic E-state index is 11.7. The van der Waals surface area contributed by atoms with Crippen LogP contribution in [-0.2, 0) is 11.8 Å². The third-order valence-electron chi connectivity index (χ3n) is 2.94. The van der Waals surface area contributed by atoms with E-state index >= 15 is 0 Å². The molecule has 0 bridgehead atoms. The highest BCUT2D eigenvalue weighted by Gasteiger charge is 2.30. The van der Waals surface area contributed by atoms with Crippen molar-refractivity contribution in [1.29, 1.82) is 0 Å². The van der Waals surface area contributed by atoms with Gasteiger partial charge in [0.2, 0.25) is 0 Å². The summed E-state index contributed by atoms with van der Waals surface area (Å²) in [6, 6.07) is 0. The number of aryl methyl sites for hydroxylation is 1. The highest BCUT2D eigenvalue weighted by atomic mass is 16.5. The lowest BCUT2D eigenvalue weighted by Crippen LogP contribution is -2.46. The van der Waals surface area contributed by atoms with E-state index in [1.165, 1.54) is 0 Å². The van der Waals surface area contributed by atoms with Crippen molar-refractivity contribution >= 4 is 5.91 Å². The largest absolute Gasteiger partial charge is 0.388 e. The average molecular weight is 239 g/mol. The molecule has 2 N–H and O–H groups in total. The van der Waals surface area contributed by atoms with Gasteiger partial charge in [-0.2, -0.15) is 0 Å². The van der Waals surface area contributed by atoms with Crippen LogP contribution in [0.5, 0.6) is 0 Å². The molecule has 0 spiro atoms. The van der Waals surface area contributed by atoms with Crippen LogP contribution in [-0.4, -0.2) is 45.9 Å². The molecule has 0 radical (unpaired) electrons. The summed E-state index contributed by atoms with van der Waals surface area (Å²) >= 11 is 0. The van der Waals surface area contributed by atoms with Crippen molar-refractivity contribution < 1.29 is 14.6 Å². The first-order valence-electron chi connectivity index (χ1n) is 5.65. The summed E-state index contributed by atoms with van der Waals surface area (Å²) < 4.78 is 6.88. The second-order valence-corrected chi connectivity index (χ2v) is 4.44. The summed E-state index contributed by atoms with van der Waals surface area (Å²) in [7, 11) is 1.80. The zero-order chi connectivity index (χ0) is 12.3. The van der Waals surface area contributed by atoms with Gasteiger partial charge in [-0.1, -0.05) is 0 Å². The molecule has 94 valence electrons. The van der Waals surface area contributed by atoms with Gasteiger partial charge in [0, 0.05) is 45.8 Å². The zero-order valence-electron chi connectivity index (χ0n) is 9.85. The predicted octanol–water partition coefficient (Wildman–Crippen LogP) is -0.309. The normalized spacial score (nSPS) is 18.9. The topological polar surface area (TPSA) is 76.4 Å². The van der Waals surface area contributed by atoms with Crippen LogP contribution in [0, 0.1) is 0 Å². The Labute approximate surface area is 99.6 Å². The van der Waals surface area contributed by atoms with Crippen molar-refractivity contribution in [2.24, 2.45) is 7.05 Å². The van der Waals surface area contributed by atoms with Gasteiger partial charge < -0.3 is 19.7 Å². The van der Waals surface area contributed by atoms with Gasteiger partial charge in [-0.25, -0.2) is 4.98 Å². The highest BCUT2D eigenvalue weighted by molar-refractivity contribution is 5.92. The number of carbonyl (C=O) groups excluding carboxylic acids is 1. The molecule has 1 saturated heterocycles. The number of imidazole rings is 1. The van der Waals surface area contributed by atoms with Gasteiger partial charge in [0.1, 0.15) is 5.69 Å². The Kier molecular flexibility index (Phi) is 3.44. The summed E-state index contributed by atoms with van der Waals surface area (Å²) in [5.41, 5.74) is -0.481. The third kappa shape index (κ3) is 3.04. The molecule has 1 amide bonds. The Bertz CT molecular complexity index is 396. The molecular weight excluding hydrogens is 222 g/mol. The van der Waals surface area contributed by atoms with E-state index in [4.69, 9.17) is 4.74 Å². The van der Waals surface area contributed by atoms with Crippen molar-refractivity contribution in [2.45, 2.75) is 18.4 Å². The SMILES string of the molecule is Cn1cnc(C(=O)NCC2(O)CCOCC2)c1. The minimum absolute atomic E-state index is 0.242. The minimum atomic E-state index is -0.845. The fourth-order valence-corrected chi connectivity index (χ4v) is 1.79. The number of nitrogens with zero attached hydrogens (tertiary/aromatic N) is 2. The third-order valence-corrected chi connectivity index (χ3v) is 2.94. The standard InChI is InChI=1S/C11H17N3O3/c1-14-6-9(13-8-14)10(15)12-7-11(16)2-4-17-5-3-11/h6,8,16H,2-5,7H2,1H3,(H,12,15). The van der Waals surface area contributed by atoms with Crippen LogP contribution in [0.4, 0.5) is 0 Å². The number of nitrogens with one attached hydrogen (secondary N) is 1. The molecule has 0 aliphatic carbocycles. The number of carbonyl (C=O) groups is 1. The second kappa shape index (κ2) is 4.85. The van der Waals surface area contributed by atoms with E-state index < -0.39 is 5.60 Å². The number of aliphatic hydroxyl groups is 1. The van der Waals surface area contributed by atoms with Crippen molar-refractivity contribution in [3.8, 4) is 0 Å². The Morgan fingerprint density at radius 1 is 1.65 bits per heavy atom. The Morgan fingerprint density at radius 3 is 2.94 bits per heavy atom. The fraction of sp³-hybridized carbons (Fsp3) is 0.636. The predicted molar refractivity (Wildman–Crippen MR) is 60.5 cm³/mol. The molecule has 0 saturated carbocycles. The second-order valence-electron chi connectivity index (χ2n) is 4.44. The molecular formula is C11H17N3O3. The Hall–Kier alpha value is -1.40.